The summed E-state index contributed by atoms with van der Waals surface area (Å²) in [6.45, 7) is 1.59. The van der Waals surface area contributed by atoms with E-state index in [2.05, 4.69) is 16.0 Å². The van der Waals surface area contributed by atoms with E-state index in [-0.39, 0.29) is 5.91 Å². The van der Waals surface area contributed by atoms with E-state index in [1.165, 1.54) is 0 Å². The van der Waals surface area contributed by atoms with Crippen LogP contribution >= 0.6 is 0 Å². The second kappa shape index (κ2) is 7.38. The summed E-state index contributed by atoms with van der Waals surface area (Å²) in [5.74, 6) is -2.25. The van der Waals surface area contributed by atoms with Gasteiger partial charge in [0.2, 0.25) is 0 Å². The molecule has 1 aromatic carbocycles. The van der Waals surface area contributed by atoms with Gasteiger partial charge in [0.05, 0.1) is 5.92 Å². The monoisotopic (exact) mass is 373 g/mol. The lowest BCUT2D eigenvalue weighted by molar-refractivity contribution is -0.142. The number of carboxylic acids is 1. The van der Waals surface area contributed by atoms with Gasteiger partial charge in [0.25, 0.3) is 11.8 Å². The molecule has 1 aliphatic carbocycles. The molecular weight excluding hydrogens is 350 g/mol. The molecule has 2 fully saturated rings. The lowest BCUT2D eigenvalue weighted by atomic mass is 9.91. The fraction of sp³-hybridized carbons (Fsp3) is 0.474. The molecule has 0 radical (unpaired) electrons. The van der Waals surface area contributed by atoms with Gasteiger partial charge in [-0.1, -0.05) is 31.4 Å². The third-order valence-electron chi connectivity index (χ3n) is 5.42. The highest BCUT2D eigenvalue weighted by molar-refractivity contribution is 6.07. The van der Waals surface area contributed by atoms with Gasteiger partial charge in [-0.25, -0.2) is 4.79 Å². The standard InChI is InChI=1S/C19H23N3O5/c1-19(17(26)21-18(27)22-19)12-9-7-11(8-10-12)15(23)20-14-6-4-2-3-5-13(14)16(24)25/h7-10,13-14H,2-6H2,1H3,(H,20,23)(H,24,25)(H2,21,22,26,27)/t13-,14+,19?/m1/s1. The van der Waals surface area contributed by atoms with Crippen LogP contribution in [0.1, 0.15) is 54.9 Å². The second-order valence-electron chi connectivity index (χ2n) is 7.27. The first kappa shape index (κ1) is 18.9. The molecule has 1 aliphatic heterocycles. The van der Waals surface area contributed by atoms with Crippen molar-refractivity contribution in [2.24, 2.45) is 5.92 Å². The number of carbonyl (C=O) groups is 4. The van der Waals surface area contributed by atoms with Crippen LogP contribution < -0.4 is 16.0 Å². The number of benzene rings is 1. The minimum Gasteiger partial charge on any atom is -0.481 e. The predicted octanol–water partition coefficient (Wildman–Crippen LogP) is 1.50. The molecule has 1 unspecified atom stereocenters. The fourth-order valence-corrected chi connectivity index (χ4v) is 3.73. The summed E-state index contributed by atoms with van der Waals surface area (Å²) in [4.78, 5) is 47.5. The molecule has 27 heavy (non-hydrogen) atoms. The molecule has 0 spiro atoms. The van der Waals surface area contributed by atoms with Gasteiger partial charge in [0, 0.05) is 11.6 Å². The van der Waals surface area contributed by atoms with Crippen LogP contribution in [0.15, 0.2) is 24.3 Å². The summed E-state index contributed by atoms with van der Waals surface area (Å²) in [6, 6.07) is 5.41. The maximum absolute atomic E-state index is 12.6. The van der Waals surface area contributed by atoms with Gasteiger partial charge >= 0.3 is 12.0 Å². The molecule has 0 aromatic heterocycles. The molecule has 0 bridgehead atoms. The highest BCUT2D eigenvalue weighted by Gasteiger charge is 2.43. The molecule has 3 rings (SSSR count). The average molecular weight is 373 g/mol. The molecule has 3 atom stereocenters. The Hall–Kier alpha value is -2.90. The summed E-state index contributed by atoms with van der Waals surface area (Å²) in [7, 11) is 0. The van der Waals surface area contributed by atoms with E-state index >= 15 is 0 Å². The van der Waals surface area contributed by atoms with E-state index < -0.39 is 35.4 Å². The van der Waals surface area contributed by atoms with Crippen molar-refractivity contribution in [3.63, 3.8) is 0 Å². The van der Waals surface area contributed by atoms with Crippen LogP contribution in [0, 0.1) is 5.92 Å². The van der Waals surface area contributed by atoms with E-state index in [1.54, 1.807) is 31.2 Å². The van der Waals surface area contributed by atoms with Crippen LogP contribution in [-0.4, -0.2) is 35.0 Å². The van der Waals surface area contributed by atoms with Gasteiger partial charge < -0.3 is 15.7 Å². The van der Waals surface area contributed by atoms with Gasteiger partial charge in [-0.2, -0.15) is 0 Å². The van der Waals surface area contributed by atoms with Crippen LogP contribution in [0.3, 0.4) is 0 Å². The van der Waals surface area contributed by atoms with Crippen LogP contribution in [0.5, 0.6) is 0 Å². The van der Waals surface area contributed by atoms with Crippen molar-refractivity contribution >= 4 is 23.8 Å². The first-order valence-corrected chi connectivity index (χ1v) is 9.09. The minimum atomic E-state index is -1.18. The molecule has 144 valence electrons. The Bertz CT molecular complexity index is 776. The zero-order chi connectivity index (χ0) is 19.6. The Morgan fingerprint density at radius 1 is 1.11 bits per heavy atom. The van der Waals surface area contributed by atoms with Gasteiger partial charge in [0.15, 0.2) is 0 Å². The molecule has 8 nitrogen and oxygen atoms in total. The number of imide groups is 1. The number of amides is 4. The van der Waals surface area contributed by atoms with E-state index in [0.29, 0.717) is 24.0 Å². The zero-order valence-corrected chi connectivity index (χ0v) is 15.1. The number of urea groups is 1. The first-order valence-electron chi connectivity index (χ1n) is 9.09. The smallest absolute Gasteiger partial charge is 0.322 e. The molecule has 4 amide bonds. The molecule has 8 heteroatoms. The number of nitrogens with one attached hydrogen (secondary N) is 3. The molecule has 1 saturated heterocycles. The van der Waals surface area contributed by atoms with Gasteiger partial charge in [-0.15, -0.1) is 0 Å². The van der Waals surface area contributed by atoms with Crippen molar-refractivity contribution in [3.05, 3.63) is 35.4 Å². The summed E-state index contributed by atoms with van der Waals surface area (Å²) in [5, 5.41) is 17.0. The highest BCUT2D eigenvalue weighted by atomic mass is 16.4. The maximum Gasteiger partial charge on any atom is 0.322 e. The Kier molecular flexibility index (Phi) is 5.16. The second-order valence-corrected chi connectivity index (χ2v) is 7.27. The molecule has 2 aliphatic rings. The third kappa shape index (κ3) is 3.79. The number of hydrogen-bond acceptors (Lipinski definition) is 4. The van der Waals surface area contributed by atoms with Crippen molar-refractivity contribution in [2.75, 3.05) is 0 Å². The van der Waals surface area contributed by atoms with Crippen LogP contribution in [0.4, 0.5) is 4.79 Å². The SMILES string of the molecule is CC1(c2ccc(C(=O)N[C@H]3CCCCC[C@H]3C(=O)O)cc2)NC(=O)NC1=O. The van der Waals surface area contributed by atoms with Crippen molar-refractivity contribution < 1.29 is 24.3 Å². The van der Waals surface area contributed by atoms with Gasteiger partial charge in [0.1, 0.15) is 5.54 Å². The highest BCUT2D eigenvalue weighted by Crippen LogP contribution is 2.26. The topological polar surface area (TPSA) is 125 Å². The third-order valence-corrected chi connectivity index (χ3v) is 5.42. The normalized spacial score (nSPS) is 28.0. The summed E-state index contributed by atoms with van der Waals surface area (Å²) in [5.41, 5.74) is -0.248. The molecule has 4 N–H and O–H groups in total. The first-order chi connectivity index (χ1) is 12.8. The summed E-state index contributed by atoms with van der Waals surface area (Å²) in [6.07, 6.45) is 3.92. The minimum absolute atomic E-state index is 0.343. The number of hydrogen-bond donors (Lipinski definition) is 4. The molecule has 1 aromatic rings. The van der Waals surface area contributed by atoms with Crippen molar-refractivity contribution in [2.45, 2.75) is 50.6 Å². The van der Waals surface area contributed by atoms with E-state index in [0.717, 1.165) is 19.3 Å². The zero-order valence-electron chi connectivity index (χ0n) is 15.1. The van der Waals surface area contributed by atoms with E-state index in [1.807, 2.05) is 0 Å². The molecule has 1 heterocycles. The quantitative estimate of drug-likeness (QED) is 0.470. The molecular formula is C19H23N3O5. The van der Waals surface area contributed by atoms with E-state index in [9.17, 15) is 24.3 Å². The Labute approximate surface area is 156 Å². The number of aliphatic carboxylic acids is 1. The lowest BCUT2D eigenvalue weighted by Gasteiger charge is -2.23. The van der Waals surface area contributed by atoms with E-state index in [4.69, 9.17) is 0 Å². The largest absolute Gasteiger partial charge is 0.481 e. The predicted molar refractivity (Wildman–Crippen MR) is 95.9 cm³/mol. The summed E-state index contributed by atoms with van der Waals surface area (Å²) >= 11 is 0. The van der Waals surface area contributed by atoms with Gasteiger partial charge in [-0.05, 0) is 37.5 Å². The lowest BCUT2D eigenvalue weighted by Crippen LogP contribution is -2.43. The number of rotatable bonds is 4. The Balaban J connectivity index is 1.73. The van der Waals surface area contributed by atoms with Crippen molar-refractivity contribution in [1.29, 1.82) is 0 Å². The van der Waals surface area contributed by atoms with Crippen LogP contribution in [0.2, 0.25) is 0 Å². The maximum atomic E-state index is 12.6. The van der Waals surface area contributed by atoms with Gasteiger partial charge in [-0.3, -0.25) is 19.7 Å². The molecule has 1 saturated carbocycles. The number of carbonyl (C=O) groups excluding carboxylic acids is 3. The Morgan fingerprint density at radius 3 is 2.37 bits per heavy atom. The van der Waals surface area contributed by atoms with Crippen LogP contribution in [0.25, 0.3) is 0 Å². The number of carboxylic acid groups (broad SMARTS) is 1. The average Bonchev–Trinajstić information content (AvgIpc) is 2.79. The van der Waals surface area contributed by atoms with Crippen LogP contribution in [-0.2, 0) is 15.1 Å². The van der Waals surface area contributed by atoms with Crippen molar-refractivity contribution in [1.82, 2.24) is 16.0 Å². The fourth-order valence-electron chi connectivity index (χ4n) is 3.73. The van der Waals surface area contributed by atoms with Crippen molar-refractivity contribution in [3.8, 4) is 0 Å². The Morgan fingerprint density at radius 2 is 1.78 bits per heavy atom. The summed E-state index contributed by atoms with van der Waals surface area (Å²) < 4.78 is 0.